The number of ether oxygens (including phenoxy) is 3. The summed E-state index contributed by atoms with van der Waals surface area (Å²) in [7, 11) is 7.47. The molecular weight excluding hydrogens is 459 g/mol. The van der Waals surface area contributed by atoms with Crippen LogP contribution in [0, 0.1) is 0 Å². The van der Waals surface area contributed by atoms with Crippen molar-refractivity contribution in [2.45, 2.75) is 19.6 Å². The molecule has 1 aromatic rings. The zero-order chi connectivity index (χ0) is 18.9. The first-order chi connectivity index (χ1) is 12.6. The molecule has 0 aromatic heterocycles. The predicted octanol–water partition coefficient (Wildman–Crippen LogP) is 2.05. The van der Waals surface area contributed by atoms with Gasteiger partial charge in [0.15, 0.2) is 5.96 Å². The largest absolute Gasteiger partial charge is 0.497 e. The fraction of sp³-hybridized carbons (Fsp3) is 0.632. The van der Waals surface area contributed by atoms with Crippen molar-refractivity contribution in [2.24, 2.45) is 4.99 Å². The Morgan fingerprint density at radius 1 is 1.37 bits per heavy atom. The second-order valence-electron chi connectivity index (χ2n) is 6.48. The lowest BCUT2D eigenvalue weighted by atomic mass is 10.2. The summed E-state index contributed by atoms with van der Waals surface area (Å²) in [5.74, 6) is 2.46. The summed E-state index contributed by atoms with van der Waals surface area (Å²) in [4.78, 5) is 9.15. The lowest BCUT2D eigenvalue weighted by Gasteiger charge is -2.30. The van der Waals surface area contributed by atoms with E-state index in [1.54, 1.807) is 14.2 Å². The number of guanidine groups is 1. The Bertz CT molecular complexity index is 600. The van der Waals surface area contributed by atoms with E-state index in [1.807, 2.05) is 25.2 Å². The first-order valence-electron chi connectivity index (χ1n) is 9.07. The van der Waals surface area contributed by atoms with E-state index in [-0.39, 0.29) is 30.1 Å². The molecule has 1 aliphatic heterocycles. The zero-order valence-electron chi connectivity index (χ0n) is 17.0. The average Bonchev–Trinajstić information content (AvgIpc) is 2.65. The lowest BCUT2D eigenvalue weighted by Crippen LogP contribution is -2.43. The van der Waals surface area contributed by atoms with Gasteiger partial charge in [-0.25, -0.2) is 0 Å². The molecule has 0 spiro atoms. The highest BCUT2D eigenvalue weighted by Crippen LogP contribution is 2.25. The van der Waals surface area contributed by atoms with Crippen molar-refractivity contribution in [1.29, 1.82) is 0 Å². The van der Waals surface area contributed by atoms with Gasteiger partial charge >= 0.3 is 0 Å². The molecule has 27 heavy (non-hydrogen) atoms. The lowest BCUT2D eigenvalue weighted by molar-refractivity contribution is -0.0137. The minimum absolute atomic E-state index is 0. The number of hydrogen-bond acceptors (Lipinski definition) is 5. The molecule has 1 aliphatic rings. The van der Waals surface area contributed by atoms with Gasteiger partial charge in [-0.3, -0.25) is 4.99 Å². The normalized spacial score (nSPS) is 17.8. The average molecular weight is 492 g/mol. The first-order valence-corrected chi connectivity index (χ1v) is 9.07. The van der Waals surface area contributed by atoms with Crippen LogP contribution in [0.1, 0.15) is 12.5 Å². The third kappa shape index (κ3) is 7.34. The maximum atomic E-state index is 5.81. The standard InChI is InChI=1S/C19H32N4O3.HI/c1-6-20-19(21-12-17-14-22(2)9-10-26-17)23(3)13-15-7-8-16(24-4)11-18(15)25-5;/h7-8,11,17H,6,9-10,12-14H2,1-5H3,(H,20,21);1H. The summed E-state index contributed by atoms with van der Waals surface area (Å²) in [6.07, 6.45) is 0.145. The molecule has 1 aromatic carbocycles. The number of morpholine rings is 1. The maximum Gasteiger partial charge on any atom is 0.194 e. The summed E-state index contributed by atoms with van der Waals surface area (Å²) in [6.45, 7) is 6.89. The van der Waals surface area contributed by atoms with E-state index in [1.165, 1.54) is 0 Å². The number of benzene rings is 1. The maximum absolute atomic E-state index is 5.81. The van der Waals surface area contributed by atoms with Crippen molar-refractivity contribution in [3.63, 3.8) is 0 Å². The second kappa shape index (κ2) is 12.2. The van der Waals surface area contributed by atoms with Crippen molar-refractivity contribution in [2.75, 3.05) is 61.1 Å². The molecule has 1 unspecified atom stereocenters. The van der Waals surface area contributed by atoms with Gasteiger partial charge in [-0.2, -0.15) is 0 Å². The van der Waals surface area contributed by atoms with Crippen LogP contribution in [-0.4, -0.2) is 83.0 Å². The number of rotatable bonds is 7. The highest BCUT2D eigenvalue weighted by atomic mass is 127. The Morgan fingerprint density at radius 3 is 2.78 bits per heavy atom. The van der Waals surface area contributed by atoms with Gasteiger partial charge < -0.3 is 29.3 Å². The van der Waals surface area contributed by atoms with E-state index in [4.69, 9.17) is 19.2 Å². The van der Waals surface area contributed by atoms with Crippen molar-refractivity contribution in [3.05, 3.63) is 23.8 Å². The molecule has 1 fully saturated rings. The van der Waals surface area contributed by atoms with E-state index in [2.05, 4.69) is 29.1 Å². The summed E-state index contributed by atoms with van der Waals surface area (Å²) in [6, 6.07) is 5.87. The summed E-state index contributed by atoms with van der Waals surface area (Å²) in [5, 5.41) is 3.35. The molecule has 1 heterocycles. The number of methoxy groups -OCH3 is 2. The van der Waals surface area contributed by atoms with Crippen LogP contribution < -0.4 is 14.8 Å². The minimum Gasteiger partial charge on any atom is -0.497 e. The third-order valence-electron chi connectivity index (χ3n) is 4.38. The Kier molecular flexibility index (Phi) is 10.8. The van der Waals surface area contributed by atoms with Gasteiger partial charge in [-0.15, -0.1) is 24.0 Å². The molecule has 7 nitrogen and oxygen atoms in total. The predicted molar refractivity (Wildman–Crippen MR) is 120 cm³/mol. The highest BCUT2D eigenvalue weighted by Gasteiger charge is 2.18. The topological polar surface area (TPSA) is 58.6 Å². The quantitative estimate of drug-likeness (QED) is 0.357. The van der Waals surface area contributed by atoms with Gasteiger partial charge in [0.2, 0.25) is 0 Å². The Balaban J connectivity index is 0.00000364. The van der Waals surface area contributed by atoms with Crippen LogP contribution in [0.5, 0.6) is 11.5 Å². The first kappa shape index (κ1) is 23.8. The number of likely N-dealkylation sites (N-methyl/N-ethyl adjacent to an activating group) is 1. The Hall–Kier alpha value is -1.26. The zero-order valence-corrected chi connectivity index (χ0v) is 19.4. The van der Waals surface area contributed by atoms with E-state index in [9.17, 15) is 0 Å². The van der Waals surface area contributed by atoms with Crippen LogP contribution in [0.25, 0.3) is 0 Å². The van der Waals surface area contributed by atoms with Crippen LogP contribution in [-0.2, 0) is 11.3 Å². The summed E-state index contributed by atoms with van der Waals surface area (Å²) < 4.78 is 16.6. The summed E-state index contributed by atoms with van der Waals surface area (Å²) in [5.41, 5.74) is 1.08. The molecular formula is C19H33IN4O3. The fourth-order valence-electron chi connectivity index (χ4n) is 2.95. The van der Waals surface area contributed by atoms with Gasteiger partial charge in [0.1, 0.15) is 11.5 Å². The Labute approximate surface area is 180 Å². The molecule has 1 N–H and O–H groups in total. The number of aliphatic imine (C=N–C) groups is 1. The van der Waals surface area contributed by atoms with E-state index in [0.29, 0.717) is 13.1 Å². The number of halogens is 1. The molecule has 0 radical (unpaired) electrons. The number of nitrogens with one attached hydrogen (secondary N) is 1. The van der Waals surface area contributed by atoms with Gasteiger partial charge in [0, 0.05) is 44.9 Å². The third-order valence-corrected chi connectivity index (χ3v) is 4.38. The van der Waals surface area contributed by atoms with E-state index in [0.717, 1.165) is 49.3 Å². The second-order valence-corrected chi connectivity index (χ2v) is 6.48. The minimum atomic E-state index is 0. The van der Waals surface area contributed by atoms with E-state index < -0.39 is 0 Å². The molecule has 8 heteroatoms. The smallest absolute Gasteiger partial charge is 0.194 e. The van der Waals surface area contributed by atoms with Crippen molar-refractivity contribution < 1.29 is 14.2 Å². The molecule has 154 valence electrons. The van der Waals surface area contributed by atoms with Crippen LogP contribution in [0.2, 0.25) is 0 Å². The molecule has 2 rings (SSSR count). The van der Waals surface area contributed by atoms with Crippen molar-refractivity contribution in [1.82, 2.24) is 15.1 Å². The number of hydrogen-bond donors (Lipinski definition) is 1. The number of nitrogens with zero attached hydrogens (tertiary/aromatic N) is 3. The van der Waals surface area contributed by atoms with Crippen LogP contribution in [0.4, 0.5) is 0 Å². The van der Waals surface area contributed by atoms with Gasteiger partial charge in [-0.05, 0) is 26.1 Å². The molecule has 1 atom stereocenters. The van der Waals surface area contributed by atoms with Crippen LogP contribution >= 0.6 is 24.0 Å². The van der Waals surface area contributed by atoms with Gasteiger partial charge in [0.05, 0.1) is 33.5 Å². The molecule has 0 aliphatic carbocycles. The summed E-state index contributed by atoms with van der Waals surface area (Å²) >= 11 is 0. The fourth-order valence-corrected chi connectivity index (χ4v) is 2.95. The van der Waals surface area contributed by atoms with Crippen molar-refractivity contribution in [3.8, 4) is 11.5 Å². The van der Waals surface area contributed by atoms with Gasteiger partial charge in [-0.1, -0.05) is 0 Å². The molecule has 1 saturated heterocycles. The van der Waals surface area contributed by atoms with Crippen molar-refractivity contribution >= 4 is 29.9 Å². The van der Waals surface area contributed by atoms with Gasteiger partial charge in [0.25, 0.3) is 0 Å². The Morgan fingerprint density at radius 2 is 2.15 bits per heavy atom. The SMILES string of the molecule is CCNC(=NCC1CN(C)CCO1)N(C)Cc1ccc(OC)cc1OC.I. The molecule has 0 amide bonds. The van der Waals surface area contributed by atoms with Crippen LogP contribution in [0.3, 0.4) is 0 Å². The highest BCUT2D eigenvalue weighted by molar-refractivity contribution is 14.0. The molecule has 0 saturated carbocycles. The van der Waals surface area contributed by atoms with E-state index >= 15 is 0 Å². The monoisotopic (exact) mass is 492 g/mol. The molecule has 0 bridgehead atoms. The van der Waals surface area contributed by atoms with Crippen LogP contribution in [0.15, 0.2) is 23.2 Å².